The van der Waals surface area contributed by atoms with Crippen LogP contribution < -0.4 is 30.8 Å². The second-order valence-electron chi connectivity index (χ2n) is 7.49. The van der Waals surface area contributed by atoms with Crippen LogP contribution in [0, 0.1) is 0 Å². The summed E-state index contributed by atoms with van der Waals surface area (Å²) in [5, 5.41) is 3.31. The summed E-state index contributed by atoms with van der Waals surface area (Å²) in [6, 6.07) is 15.9. The second kappa shape index (κ2) is 9.94. The highest BCUT2D eigenvalue weighted by Crippen LogP contribution is 2.29. The van der Waals surface area contributed by atoms with Gasteiger partial charge in [0.2, 0.25) is 5.91 Å². The standard InChI is InChI=1S/C25H22ClN3O6/c1-33-18-8-6-17(7-9-18)29-24(31)19-10-4-15(26)12-20(19)28(25(29)32)14-23(30)27-16-5-11-21(34-2)22(13-16)35-3/h4-13H,14H2,1-3H3,(H,27,30). The van der Waals surface area contributed by atoms with Crippen LogP contribution in [0.4, 0.5) is 5.69 Å². The van der Waals surface area contributed by atoms with Crippen LogP contribution in [0.1, 0.15) is 0 Å². The molecule has 0 saturated carbocycles. The van der Waals surface area contributed by atoms with Crippen LogP contribution >= 0.6 is 11.6 Å². The lowest BCUT2D eigenvalue weighted by atomic mass is 10.2. The first kappa shape index (κ1) is 23.9. The number of carbonyl (C=O) groups is 1. The fourth-order valence-electron chi connectivity index (χ4n) is 3.71. The third-order valence-corrected chi connectivity index (χ3v) is 5.64. The van der Waals surface area contributed by atoms with E-state index in [2.05, 4.69) is 5.32 Å². The van der Waals surface area contributed by atoms with Gasteiger partial charge in [-0.05, 0) is 54.6 Å². The van der Waals surface area contributed by atoms with Gasteiger partial charge in [-0.2, -0.15) is 0 Å². The van der Waals surface area contributed by atoms with E-state index in [1.165, 1.54) is 38.0 Å². The number of anilines is 1. The quantitative estimate of drug-likeness (QED) is 0.421. The summed E-state index contributed by atoms with van der Waals surface area (Å²) >= 11 is 6.15. The van der Waals surface area contributed by atoms with E-state index in [0.717, 1.165) is 4.57 Å². The van der Waals surface area contributed by atoms with E-state index in [0.29, 0.717) is 33.6 Å². The number of methoxy groups -OCH3 is 3. The van der Waals surface area contributed by atoms with E-state index in [1.807, 2.05) is 0 Å². The SMILES string of the molecule is COc1ccc(-n2c(=O)c3ccc(Cl)cc3n(CC(=O)Nc3ccc(OC)c(OC)c3)c2=O)cc1. The molecule has 0 fully saturated rings. The molecule has 3 aromatic carbocycles. The number of nitrogens with zero attached hydrogens (tertiary/aromatic N) is 2. The monoisotopic (exact) mass is 495 g/mol. The third-order valence-electron chi connectivity index (χ3n) is 5.41. The van der Waals surface area contributed by atoms with Gasteiger partial charge >= 0.3 is 5.69 Å². The molecule has 9 nitrogen and oxygen atoms in total. The average molecular weight is 496 g/mol. The highest BCUT2D eigenvalue weighted by atomic mass is 35.5. The molecule has 0 radical (unpaired) electrons. The number of ether oxygens (including phenoxy) is 3. The second-order valence-corrected chi connectivity index (χ2v) is 7.92. The van der Waals surface area contributed by atoms with Crippen molar-refractivity contribution in [1.82, 2.24) is 9.13 Å². The maximum atomic E-state index is 13.5. The number of halogens is 1. The lowest BCUT2D eigenvalue weighted by Crippen LogP contribution is -2.40. The molecule has 0 aliphatic carbocycles. The van der Waals surface area contributed by atoms with Crippen molar-refractivity contribution in [2.75, 3.05) is 26.6 Å². The minimum absolute atomic E-state index is 0.240. The highest BCUT2D eigenvalue weighted by molar-refractivity contribution is 6.31. The van der Waals surface area contributed by atoms with Gasteiger partial charge in [-0.1, -0.05) is 11.6 Å². The Balaban J connectivity index is 1.79. The van der Waals surface area contributed by atoms with Crippen molar-refractivity contribution in [3.05, 3.63) is 86.5 Å². The molecule has 0 saturated heterocycles. The van der Waals surface area contributed by atoms with Crippen molar-refractivity contribution < 1.29 is 19.0 Å². The molecule has 1 heterocycles. The molecule has 1 amide bonds. The Hall–Kier alpha value is -4.24. The fraction of sp³-hybridized carbons (Fsp3) is 0.160. The van der Waals surface area contributed by atoms with Crippen molar-refractivity contribution >= 4 is 34.1 Å². The van der Waals surface area contributed by atoms with Gasteiger partial charge < -0.3 is 19.5 Å². The van der Waals surface area contributed by atoms with Crippen LogP contribution in [-0.4, -0.2) is 36.4 Å². The van der Waals surface area contributed by atoms with Crippen LogP contribution in [-0.2, 0) is 11.3 Å². The molecule has 0 aliphatic heterocycles. The van der Waals surface area contributed by atoms with Gasteiger partial charge in [0.1, 0.15) is 12.3 Å². The Labute approximate surface area is 205 Å². The number of nitrogens with one attached hydrogen (secondary N) is 1. The maximum Gasteiger partial charge on any atom is 0.336 e. The van der Waals surface area contributed by atoms with Crippen LogP contribution in [0.15, 0.2) is 70.3 Å². The first-order chi connectivity index (χ1) is 16.9. The van der Waals surface area contributed by atoms with E-state index in [9.17, 15) is 14.4 Å². The van der Waals surface area contributed by atoms with Crippen molar-refractivity contribution in [3.8, 4) is 22.9 Å². The summed E-state index contributed by atoms with van der Waals surface area (Å²) in [5.41, 5.74) is -0.168. The zero-order valence-electron chi connectivity index (χ0n) is 19.2. The summed E-state index contributed by atoms with van der Waals surface area (Å²) in [4.78, 5) is 39.7. The van der Waals surface area contributed by atoms with Gasteiger partial charge in [-0.15, -0.1) is 0 Å². The van der Waals surface area contributed by atoms with Gasteiger partial charge in [0, 0.05) is 16.8 Å². The molecule has 0 atom stereocenters. The molecule has 1 N–H and O–H groups in total. The number of rotatable bonds is 7. The minimum atomic E-state index is -0.683. The number of benzene rings is 3. The number of hydrogen-bond donors (Lipinski definition) is 1. The molecule has 0 unspecified atom stereocenters. The predicted molar refractivity (Wildman–Crippen MR) is 134 cm³/mol. The highest BCUT2D eigenvalue weighted by Gasteiger charge is 2.18. The number of hydrogen-bond acceptors (Lipinski definition) is 6. The number of amides is 1. The average Bonchev–Trinajstić information content (AvgIpc) is 2.86. The number of carbonyl (C=O) groups excluding carboxylic acids is 1. The summed E-state index contributed by atoms with van der Waals surface area (Å²) in [6.45, 7) is -0.361. The van der Waals surface area contributed by atoms with Crippen molar-refractivity contribution in [2.24, 2.45) is 0 Å². The molecule has 10 heteroatoms. The van der Waals surface area contributed by atoms with Gasteiger partial charge in [0.15, 0.2) is 11.5 Å². The largest absolute Gasteiger partial charge is 0.497 e. The van der Waals surface area contributed by atoms with Gasteiger partial charge in [0.05, 0.1) is 37.9 Å². The molecule has 0 bridgehead atoms. The number of aromatic nitrogens is 2. The molecular formula is C25H22ClN3O6. The van der Waals surface area contributed by atoms with Gasteiger partial charge in [-0.3, -0.25) is 14.2 Å². The topological polar surface area (TPSA) is 101 Å². The predicted octanol–water partition coefficient (Wildman–Crippen LogP) is 3.47. The Bertz CT molecular complexity index is 1530. The molecule has 180 valence electrons. The Morgan fingerprint density at radius 1 is 0.886 bits per heavy atom. The maximum absolute atomic E-state index is 13.5. The van der Waals surface area contributed by atoms with E-state index in [4.69, 9.17) is 25.8 Å². The molecule has 4 rings (SSSR count). The van der Waals surface area contributed by atoms with Crippen molar-refractivity contribution in [3.63, 3.8) is 0 Å². The minimum Gasteiger partial charge on any atom is -0.497 e. The number of fused-ring (bicyclic) bond motifs is 1. The Morgan fingerprint density at radius 3 is 2.26 bits per heavy atom. The molecular weight excluding hydrogens is 474 g/mol. The summed E-state index contributed by atoms with van der Waals surface area (Å²) in [7, 11) is 4.52. The first-order valence-corrected chi connectivity index (χ1v) is 10.9. The van der Waals surface area contributed by atoms with E-state index in [-0.39, 0.29) is 17.4 Å². The van der Waals surface area contributed by atoms with Gasteiger partial charge in [0.25, 0.3) is 5.56 Å². The van der Waals surface area contributed by atoms with Gasteiger partial charge in [-0.25, -0.2) is 9.36 Å². The molecule has 4 aromatic rings. The van der Waals surface area contributed by atoms with Crippen LogP contribution in [0.2, 0.25) is 5.02 Å². The lowest BCUT2D eigenvalue weighted by molar-refractivity contribution is -0.116. The van der Waals surface area contributed by atoms with Crippen LogP contribution in [0.3, 0.4) is 0 Å². The zero-order chi connectivity index (χ0) is 25.1. The Morgan fingerprint density at radius 2 is 1.60 bits per heavy atom. The molecule has 35 heavy (non-hydrogen) atoms. The molecule has 0 spiro atoms. The molecule has 1 aromatic heterocycles. The smallest absolute Gasteiger partial charge is 0.336 e. The van der Waals surface area contributed by atoms with Crippen LogP contribution in [0.5, 0.6) is 17.2 Å². The first-order valence-electron chi connectivity index (χ1n) is 10.5. The summed E-state index contributed by atoms with van der Waals surface area (Å²) < 4.78 is 17.9. The van der Waals surface area contributed by atoms with E-state index >= 15 is 0 Å². The fourth-order valence-corrected chi connectivity index (χ4v) is 3.88. The lowest BCUT2D eigenvalue weighted by Gasteiger charge is -2.15. The zero-order valence-corrected chi connectivity index (χ0v) is 20.0. The van der Waals surface area contributed by atoms with Crippen LogP contribution in [0.25, 0.3) is 16.6 Å². The summed E-state index contributed by atoms with van der Waals surface area (Å²) in [6.07, 6.45) is 0. The Kier molecular flexibility index (Phi) is 6.79. The summed E-state index contributed by atoms with van der Waals surface area (Å²) in [5.74, 6) is 1.03. The third kappa shape index (κ3) is 4.71. The van der Waals surface area contributed by atoms with Crippen molar-refractivity contribution in [1.29, 1.82) is 0 Å². The normalized spacial score (nSPS) is 10.7. The van der Waals surface area contributed by atoms with Crippen molar-refractivity contribution in [2.45, 2.75) is 6.54 Å². The van der Waals surface area contributed by atoms with E-state index in [1.54, 1.807) is 48.5 Å². The van der Waals surface area contributed by atoms with E-state index < -0.39 is 17.2 Å². The molecule has 0 aliphatic rings.